The summed E-state index contributed by atoms with van der Waals surface area (Å²) in [5.74, 6) is -0.674. The normalized spacial score (nSPS) is 14.3. The van der Waals surface area contributed by atoms with Gasteiger partial charge in [0.15, 0.2) is 9.84 Å². The SMILES string of the molecule is CN(CC(=O)Nc1ccccc1Cl)C(=O)CNc1cccc(S(=O)(=O)C2CCCC2)c1. The number of carbonyl (C=O) groups excluding carboxylic acids is 2. The molecule has 0 spiro atoms. The first-order chi connectivity index (χ1) is 14.8. The first-order valence-corrected chi connectivity index (χ1v) is 12.1. The zero-order valence-electron chi connectivity index (χ0n) is 17.3. The fourth-order valence-corrected chi connectivity index (χ4v) is 5.62. The molecule has 2 amide bonds. The summed E-state index contributed by atoms with van der Waals surface area (Å²) < 4.78 is 25.5. The highest BCUT2D eigenvalue weighted by molar-refractivity contribution is 7.92. The molecule has 0 saturated heterocycles. The van der Waals surface area contributed by atoms with Crippen LogP contribution in [0.4, 0.5) is 11.4 Å². The molecule has 1 saturated carbocycles. The molecule has 2 aromatic rings. The molecule has 0 atom stereocenters. The molecule has 0 bridgehead atoms. The molecule has 9 heteroatoms. The van der Waals surface area contributed by atoms with Crippen molar-refractivity contribution in [3.8, 4) is 0 Å². The van der Waals surface area contributed by atoms with E-state index in [4.69, 9.17) is 11.6 Å². The summed E-state index contributed by atoms with van der Waals surface area (Å²) in [6.07, 6.45) is 3.26. The van der Waals surface area contributed by atoms with Crippen LogP contribution >= 0.6 is 11.6 Å². The molecule has 166 valence electrons. The fourth-order valence-electron chi connectivity index (χ4n) is 3.54. The van der Waals surface area contributed by atoms with Gasteiger partial charge in [-0.15, -0.1) is 0 Å². The summed E-state index contributed by atoms with van der Waals surface area (Å²) >= 11 is 6.02. The lowest BCUT2D eigenvalue weighted by Crippen LogP contribution is -2.38. The van der Waals surface area contributed by atoms with Crippen LogP contribution in [0.2, 0.25) is 5.02 Å². The Bertz CT molecular complexity index is 1050. The van der Waals surface area contributed by atoms with E-state index in [0.29, 0.717) is 29.2 Å². The monoisotopic (exact) mass is 463 g/mol. The first-order valence-electron chi connectivity index (χ1n) is 10.1. The molecule has 0 aromatic heterocycles. The van der Waals surface area contributed by atoms with Gasteiger partial charge in [0.05, 0.1) is 33.9 Å². The van der Waals surface area contributed by atoms with Crippen molar-refractivity contribution in [3.05, 3.63) is 53.6 Å². The van der Waals surface area contributed by atoms with Crippen molar-refractivity contribution >= 4 is 44.6 Å². The maximum absolute atomic E-state index is 12.8. The van der Waals surface area contributed by atoms with E-state index in [2.05, 4.69) is 10.6 Å². The van der Waals surface area contributed by atoms with Crippen LogP contribution in [-0.4, -0.2) is 50.5 Å². The van der Waals surface area contributed by atoms with Gasteiger partial charge in [-0.3, -0.25) is 9.59 Å². The molecule has 3 rings (SSSR count). The molecule has 1 aliphatic rings. The summed E-state index contributed by atoms with van der Waals surface area (Å²) in [5.41, 5.74) is 1.02. The Morgan fingerprint density at radius 3 is 2.52 bits per heavy atom. The predicted octanol–water partition coefficient (Wildman–Crippen LogP) is 3.57. The van der Waals surface area contributed by atoms with Gasteiger partial charge in [-0.1, -0.05) is 42.6 Å². The van der Waals surface area contributed by atoms with Crippen molar-refractivity contribution < 1.29 is 18.0 Å². The van der Waals surface area contributed by atoms with E-state index in [-0.39, 0.29) is 35.0 Å². The van der Waals surface area contributed by atoms with Crippen LogP contribution in [0.25, 0.3) is 0 Å². The highest BCUT2D eigenvalue weighted by Crippen LogP contribution is 2.30. The van der Waals surface area contributed by atoms with Crippen LogP contribution in [-0.2, 0) is 19.4 Å². The largest absolute Gasteiger partial charge is 0.376 e. The predicted molar refractivity (Wildman–Crippen MR) is 122 cm³/mol. The third-order valence-electron chi connectivity index (χ3n) is 5.30. The minimum absolute atomic E-state index is 0.0667. The minimum atomic E-state index is -3.36. The summed E-state index contributed by atoms with van der Waals surface area (Å²) in [5, 5.41) is 5.71. The molecule has 1 fully saturated rings. The van der Waals surface area contributed by atoms with E-state index in [0.717, 1.165) is 12.8 Å². The molecule has 0 unspecified atom stereocenters. The zero-order valence-corrected chi connectivity index (χ0v) is 18.9. The zero-order chi connectivity index (χ0) is 22.4. The summed E-state index contributed by atoms with van der Waals surface area (Å²) in [6, 6.07) is 13.4. The van der Waals surface area contributed by atoms with E-state index >= 15 is 0 Å². The van der Waals surface area contributed by atoms with Gasteiger partial charge in [-0.05, 0) is 43.2 Å². The Morgan fingerprint density at radius 1 is 1.10 bits per heavy atom. The summed E-state index contributed by atoms with van der Waals surface area (Å²) in [4.78, 5) is 26.1. The lowest BCUT2D eigenvalue weighted by Gasteiger charge is -2.18. The van der Waals surface area contributed by atoms with E-state index in [1.165, 1.54) is 11.9 Å². The van der Waals surface area contributed by atoms with Gasteiger partial charge in [0.1, 0.15) is 0 Å². The van der Waals surface area contributed by atoms with Crippen LogP contribution in [0.15, 0.2) is 53.4 Å². The van der Waals surface area contributed by atoms with Gasteiger partial charge in [0, 0.05) is 12.7 Å². The Labute approximate surface area is 187 Å². The standard InChI is InChI=1S/C22H26ClN3O4S/c1-26(15-21(27)25-20-12-5-4-11-19(20)23)22(28)14-24-16-7-6-10-18(13-16)31(29,30)17-8-2-3-9-17/h4-7,10-13,17,24H,2-3,8-9,14-15H2,1H3,(H,25,27). The van der Waals surface area contributed by atoms with Crippen LogP contribution < -0.4 is 10.6 Å². The smallest absolute Gasteiger partial charge is 0.244 e. The van der Waals surface area contributed by atoms with Crippen LogP contribution in [0.5, 0.6) is 0 Å². The molecule has 31 heavy (non-hydrogen) atoms. The Morgan fingerprint density at radius 2 is 1.81 bits per heavy atom. The highest BCUT2D eigenvalue weighted by atomic mass is 35.5. The molecule has 2 aromatic carbocycles. The number of amides is 2. The molecule has 2 N–H and O–H groups in total. The number of sulfone groups is 1. The Hall–Kier alpha value is -2.58. The molecular weight excluding hydrogens is 438 g/mol. The number of para-hydroxylation sites is 1. The van der Waals surface area contributed by atoms with Gasteiger partial charge in [-0.2, -0.15) is 0 Å². The molecule has 7 nitrogen and oxygen atoms in total. The third-order valence-corrected chi connectivity index (χ3v) is 7.89. The number of rotatable bonds is 8. The van der Waals surface area contributed by atoms with Crippen molar-refractivity contribution in [2.24, 2.45) is 0 Å². The Kier molecular flexibility index (Phi) is 7.56. The molecule has 0 aliphatic heterocycles. The quantitative estimate of drug-likeness (QED) is 0.624. The maximum Gasteiger partial charge on any atom is 0.244 e. The van der Waals surface area contributed by atoms with Gasteiger partial charge in [-0.25, -0.2) is 8.42 Å². The van der Waals surface area contributed by atoms with Gasteiger partial charge in [0.2, 0.25) is 11.8 Å². The average molecular weight is 464 g/mol. The molecule has 0 radical (unpaired) electrons. The van der Waals surface area contributed by atoms with Crippen LogP contribution in [0, 0.1) is 0 Å². The second-order valence-electron chi connectivity index (χ2n) is 7.61. The van der Waals surface area contributed by atoms with E-state index in [1.54, 1.807) is 48.5 Å². The molecule has 1 aliphatic carbocycles. The third kappa shape index (κ3) is 5.98. The number of benzene rings is 2. The number of hydrogen-bond donors (Lipinski definition) is 2. The molecule has 0 heterocycles. The van der Waals surface area contributed by atoms with E-state index in [1.807, 2.05) is 0 Å². The van der Waals surface area contributed by atoms with Gasteiger partial charge >= 0.3 is 0 Å². The van der Waals surface area contributed by atoms with Gasteiger partial charge < -0.3 is 15.5 Å². The number of hydrogen-bond acceptors (Lipinski definition) is 5. The second kappa shape index (κ2) is 10.2. The Balaban J connectivity index is 1.54. The van der Waals surface area contributed by atoms with E-state index in [9.17, 15) is 18.0 Å². The lowest BCUT2D eigenvalue weighted by molar-refractivity contribution is -0.131. The number of nitrogens with one attached hydrogen (secondary N) is 2. The second-order valence-corrected chi connectivity index (χ2v) is 10.2. The summed E-state index contributed by atoms with van der Waals surface area (Å²) in [6.45, 7) is -0.204. The van der Waals surface area contributed by atoms with Crippen molar-refractivity contribution in [3.63, 3.8) is 0 Å². The topological polar surface area (TPSA) is 95.6 Å². The maximum atomic E-state index is 12.8. The number of carbonyl (C=O) groups is 2. The van der Waals surface area contributed by atoms with Crippen molar-refractivity contribution in [1.29, 1.82) is 0 Å². The van der Waals surface area contributed by atoms with Crippen molar-refractivity contribution in [1.82, 2.24) is 4.90 Å². The van der Waals surface area contributed by atoms with Crippen LogP contribution in [0.3, 0.4) is 0 Å². The lowest BCUT2D eigenvalue weighted by atomic mass is 10.3. The summed E-state index contributed by atoms with van der Waals surface area (Å²) in [7, 11) is -1.84. The molecular formula is C22H26ClN3O4S. The average Bonchev–Trinajstić information content (AvgIpc) is 3.29. The van der Waals surface area contributed by atoms with Gasteiger partial charge in [0.25, 0.3) is 0 Å². The van der Waals surface area contributed by atoms with Crippen LogP contribution in [0.1, 0.15) is 25.7 Å². The number of likely N-dealkylation sites (N-methyl/N-ethyl adjacent to an activating group) is 1. The van der Waals surface area contributed by atoms with Crippen molar-refractivity contribution in [2.45, 2.75) is 35.8 Å². The minimum Gasteiger partial charge on any atom is -0.376 e. The number of nitrogens with zero attached hydrogens (tertiary/aromatic N) is 1. The number of anilines is 2. The highest BCUT2D eigenvalue weighted by Gasteiger charge is 2.30. The van der Waals surface area contributed by atoms with E-state index < -0.39 is 9.84 Å². The first kappa shape index (κ1) is 23.1. The van der Waals surface area contributed by atoms with Crippen molar-refractivity contribution in [2.75, 3.05) is 30.8 Å². The fraction of sp³-hybridized carbons (Fsp3) is 0.364. The number of halogens is 1.